The fraction of sp³-hybridized carbons (Fsp3) is 0.625. The first-order chi connectivity index (χ1) is 14.0. The van der Waals surface area contributed by atoms with Crippen LogP contribution in [0.1, 0.15) is 32.1 Å². The van der Waals surface area contributed by atoms with Gasteiger partial charge in [0.25, 0.3) is 0 Å². The Kier molecular flexibility index (Phi) is 12.3. The van der Waals surface area contributed by atoms with Crippen molar-refractivity contribution in [1.29, 1.82) is 0 Å². The largest absolute Gasteiger partial charge is 0.481 e. The van der Waals surface area contributed by atoms with Crippen molar-refractivity contribution in [2.45, 2.75) is 50.2 Å². The molecule has 3 amide bonds. The van der Waals surface area contributed by atoms with Crippen LogP contribution in [0.25, 0.3) is 0 Å². The Morgan fingerprint density at radius 3 is 1.87 bits per heavy atom. The van der Waals surface area contributed by atoms with Gasteiger partial charge in [-0.05, 0) is 19.4 Å². The number of hydrogen-bond donors (Lipinski definition) is 8. The molecule has 0 aromatic rings. The smallest absolute Gasteiger partial charge is 0.326 e. The maximum Gasteiger partial charge on any atom is 0.326 e. The predicted molar refractivity (Wildman–Crippen MR) is 99.9 cm³/mol. The normalized spacial score (nSPS) is 13.4. The number of hydrogen-bond acceptors (Lipinski definition) is 8. The van der Waals surface area contributed by atoms with Crippen LogP contribution in [0.4, 0.5) is 0 Å². The Labute approximate surface area is 171 Å². The van der Waals surface area contributed by atoms with Crippen LogP contribution >= 0.6 is 0 Å². The molecule has 0 heterocycles. The molecule has 3 unspecified atom stereocenters. The lowest BCUT2D eigenvalue weighted by Gasteiger charge is -2.20. The molecule has 0 saturated heterocycles. The van der Waals surface area contributed by atoms with E-state index in [9.17, 15) is 28.8 Å². The van der Waals surface area contributed by atoms with E-state index in [1.54, 1.807) is 0 Å². The summed E-state index contributed by atoms with van der Waals surface area (Å²) in [6.45, 7) is -0.163. The average Bonchev–Trinajstić information content (AvgIpc) is 2.64. The molecular weight excluding hydrogens is 406 g/mol. The highest BCUT2D eigenvalue weighted by Crippen LogP contribution is 2.00. The molecular formula is C16H27N5O9. The minimum atomic E-state index is -1.82. The Bertz CT molecular complexity index is 655. The van der Waals surface area contributed by atoms with Crippen molar-refractivity contribution in [3.05, 3.63) is 0 Å². The first-order valence-electron chi connectivity index (χ1n) is 8.97. The molecule has 30 heavy (non-hydrogen) atoms. The molecule has 0 aromatic heterocycles. The van der Waals surface area contributed by atoms with Gasteiger partial charge >= 0.3 is 17.9 Å². The lowest BCUT2D eigenvalue weighted by molar-refractivity contribution is -0.148. The van der Waals surface area contributed by atoms with E-state index in [1.807, 2.05) is 10.6 Å². The first-order valence-corrected chi connectivity index (χ1v) is 8.97. The minimum absolute atomic E-state index is 0.342. The molecule has 0 aliphatic heterocycles. The molecule has 0 fully saturated rings. The zero-order valence-electron chi connectivity index (χ0n) is 16.1. The summed E-state index contributed by atoms with van der Waals surface area (Å²) in [5, 5.41) is 32.6. The summed E-state index contributed by atoms with van der Waals surface area (Å²) in [6, 6.07) is -4.40. The van der Waals surface area contributed by atoms with Gasteiger partial charge in [0.2, 0.25) is 17.7 Å². The van der Waals surface area contributed by atoms with Crippen molar-refractivity contribution in [3.8, 4) is 0 Å². The van der Waals surface area contributed by atoms with Crippen molar-refractivity contribution >= 4 is 35.6 Å². The molecule has 0 radical (unpaired) electrons. The summed E-state index contributed by atoms with van der Waals surface area (Å²) >= 11 is 0. The Morgan fingerprint density at radius 1 is 0.800 bits per heavy atom. The molecule has 10 N–H and O–H groups in total. The van der Waals surface area contributed by atoms with E-state index in [4.69, 9.17) is 26.8 Å². The second-order valence-electron chi connectivity index (χ2n) is 6.32. The fourth-order valence-electron chi connectivity index (χ4n) is 2.21. The lowest BCUT2D eigenvalue weighted by Crippen LogP contribution is -2.54. The number of unbranched alkanes of at least 4 members (excludes halogenated alkanes) is 1. The number of nitrogens with two attached hydrogens (primary N) is 2. The molecule has 0 aliphatic carbocycles. The van der Waals surface area contributed by atoms with E-state index >= 15 is 0 Å². The second kappa shape index (κ2) is 13.8. The molecule has 3 atom stereocenters. The van der Waals surface area contributed by atoms with Crippen LogP contribution in [0.15, 0.2) is 0 Å². The summed E-state index contributed by atoms with van der Waals surface area (Å²) in [5.74, 6) is -7.40. The van der Waals surface area contributed by atoms with Gasteiger partial charge in [-0.3, -0.25) is 24.0 Å². The van der Waals surface area contributed by atoms with Crippen molar-refractivity contribution in [2.24, 2.45) is 11.5 Å². The zero-order chi connectivity index (χ0) is 23.3. The Hall–Kier alpha value is -3.26. The average molecular weight is 433 g/mol. The summed E-state index contributed by atoms with van der Waals surface area (Å²) in [5.41, 5.74) is 11.0. The quantitative estimate of drug-likeness (QED) is 0.118. The van der Waals surface area contributed by atoms with Gasteiger partial charge in [-0.1, -0.05) is 6.42 Å². The second-order valence-corrected chi connectivity index (χ2v) is 6.32. The number of amides is 3. The van der Waals surface area contributed by atoms with Crippen LogP contribution in [0, 0.1) is 0 Å². The predicted octanol–water partition coefficient (Wildman–Crippen LogP) is -3.44. The maximum atomic E-state index is 12.1. The van der Waals surface area contributed by atoms with Gasteiger partial charge in [0.15, 0.2) is 0 Å². The Morgan fingerprint density at radius 2 is 1.37 bits per heavy atom. The van der Waals surface area contributed by atoms with Crippen LogP contribution in [0.5, 0.6) is 0 Å². The van der Waals surface area contributed by atoms with Crippen LogP contribution < -0.4 is 27.4 Å². The maximum absolute atomic E-state index is 12.1. The highest BCUT2D eigenvalue weighted by atomic mass is 16.4. The highest BCUT2D eigenvalue weighted by Gasteiger charge is 2.29. The third-order valence-electron chi connectivity index (χ3n) is 3.75. The number of rotatable bonds is 15. The molecule has 170 valence electrons. The molecule has 14 heteroatoms. The minimum Gasteiger partial charge on any atom is -0.481 e. The van der Waals surface area contributed by atoms with Gasteiger partial charge in [0, 0.05) is 0 Å². The van der Waals surface area contributed by atoms with Crippen LogP contribution in [0.3, 0.4) is 0 Å². The molecule has 0 aromatic carbocycles. The third kappa shape index (κ3) is 11.6. The van der Waals surface area contributed by atoms with E-state index in [0.29, 0.717) is 25.8 Å². The number of carboxylic acid groups (broad SMARTS) is 3. The fourth-order valence-corrected chi connectivity index (χ4v) is 2.21. The third-order valence-corrected chi connectivity index (χ3v) is 3.75. The highest BCUT2D eigenvalue weighted by molar-refractivity contribution is 5.95. The van der Waals surface area contributed by atoms with Crippen LogP contribution in [0.2, 0.25) is 0 Å². The first kappa shape index (κ1) is 26.7. The van der Waals surface area contributed by atoms with Crippen molar-refractivity contribution < 1.29 is 44.1 Å². The molecule has 0 aliphatic rings. The van der Waals surface area contributed by atoms with E-state index < -0.39 is 73.1 Å². The van der Waals surface area contributed by atoms with Gasteiger partial charge in [-0.25, -0.2) is 4.79 Å². The van der Waals surface area contributed by atoms with Gasteiger partial charge in [-0.15, -0.1) is 0 Å². The number of aliphatic carboxylic acids is 3. The van der Waals surface area contributed by atoms with Crippen molar-refractivity contribution in [3.63, 3.8) is 0 Å². The molecule has 0 saturated carbocycles. The monoisotopic (exact) mass is 433 g/mol. The van der Waals surface area contributed by atoms with Crippen molar-refractivity contribution in [1.82, 2.24) is 16.0 Å². The van der Waals surface area contributed by atoms with Crippen molar-refractivity contribution in [2.75, 3.05) is 13.1 Å². The molecule has 14 nitrogen and oxygen atoms in total. The molecule has 0 rings (SSSR count). The summed E-state index contributed by atoms with van der Waals surface area (Å²) in [4.78, 5) is 68.6. The van der Waals surface area contributed by atoms with E-state index in [2.05, 4.69) is 5.32 Å². The molecule has 0 bridgehead atoms. The van der Waals surface area contributed by atoms with Gasteiger partial charge in [-0.2, -0.15) is 0 Å². The summed E-state index contributed by atoms with van der Waals surface area (Å²) < 4.78 is 0. The van der Waals surface area contributed by atoms with Gasteiger partial charge < -0.3 is 42.7 Å². The van der Waals surface area contributed by atoms with Crippen LogP contribution in [-0.2, 0) is 28.8 Å². The SMILES string of the molecule is NCCCCC(N)C(=O)NCC(=O)NC(CC(=O)O)C(=O)NC(CC(=O)O)C(=O)O. The topological polar surface area (TPSA) is 251 Å². The van der Waals surface area contributed by atoms with E-state index in [1.165, 1.54) is 0 Å². The van der Waals surface area contributed by atoms with Gasteiger partial charge in [0.05, 0.1) is 25.4 Å². The van der Waals surface area contributed by atoms with E-state index in [-0.39, 0.29) is 0 Å². The number of carboxylic acids is 3. The summed E-state index contributed by atoms with van der Waals surface area (Å²) in [7, 11) is 0. The standard InChI is InChI=1S/C16H27N5O9/c17-4-2-1-3-8(18)14(27)19-7-11(22)20-9(5-12(23)24)15(28)21-10(16(29)30)6-13(25)26/h8-10H,1-7,17-18H2,(H,19,27)(H,20,22)(H,21,28)(H,23,24)(H,25,26)(H,29,30). The lowest BCUT2D eigenvalue weighted by atomic mass is 10.1. The number of carbonyl (C=O) groups excluding carboxylic acids is 3. The zero-order valence-corrected chi connectivity index (χ0v) is 16.1. The molecule has 0 spiro atoms. The number of nitrogens with one attached hydrogen (secondary N) is 3. The van der Waals surface area contributed by atoms with E-state index in [0.717, 1.165) is 0 Å². The summed E-state index contributed by atoms with van der Waals surface area (Å²) in [6.07, 6.45) is -0.225. The number of carbonyl (C=O) groups is 6. The Balaban J connectivity index is 4.83. The van der Waals surface area contributed by atoms with Gasteiger partial charge in [0.1, 0.15) is 12.1 Å². The van der Waals surface area contributed by atoms with Crippen LogP contribution in [-0.4, -0.2) is 82.2 Å².